The third kappa shape index (κ3) is 3.72. The number of rotatable bonds is 5. The van der Waals surface area contributed by atoms with Gasteiger partial charge in [0.25, 0.3) is 0 Å². The molecule has 1 unspecified atom stereocenters. The summed E-state index contributed by atoms with van der Waals surface area (Å²) in [5.41, 5.74) is 1.16. The van der Waals surface area contributed by atoms with E-state index in [0.29, 0.717) is 12.5 Å². The lowest BCUT2D eigenvalue weighted by Gasteiger charge is -2.21. The highest BCUT2D eigenvalue weighted by molar-refractivity contribution is 5.72. The van der Waals surface area contributed by atoms with E-state index in [1.165, 1.54) is 20.0 Å². The molecule has 19 heavy (non-hydrogen) atoms. The summed E-state index contributed by atoms with van der Waals surface area (Å²) in [6.07, 6.45) is 4.64. The molecule has 1 fully saturated rings. The number of carbonyl (C=O) groups is 1. The molecule has 1 aromatic rings. The summed E-state index contributed by atoms with van der Waals surface area (Å²) < 4.78 is 10.7. The van der Waals surface area contributed by atoms with E-state index in [0.717, 1.165) is 24.2 Å². The second kappa shape index (κ2) is 6.60. The largest absolute Gasteiger partial charge is 0.493 e. The molecule has 1 aliphatic rings. The molecule has 1 saturated carbocycles. The average Bonchev–Trinajstić information content (AvgIpc) is 2.92. The summed E-state index contributed by atoms with van der Waals surface area (Å²) in [6.45, 7) is 2.45. The van der Waals surface area contributed by atoms with Crippen LogP contribution in [0.15, 0.2) is 24.3 Å². The fourth-order valence-electron chi connectivity index (χ4n) is 2.80. The Morgan fingerprint density at radius 1 is 1.37 bits per heavy atom. The van der Waals surface area contributed by atoms with Gasteiger partial charge in [0, 0.05) is 0 Å². The van der Waals surface area contributed by atoms with Gasteiger partial charge >= 0.3 is 5.97 Å². The highest BCUT2D eigenvalue weighted by Crippen LogP contribution is 2.32. The molecular formula is C16H22O3. The van der Waals surface area contributed by atoms with Crippen LogP contribution >= 0.6 is 0 Å². The Kier molecular flexibility index (Phi) is 4.83. The third-order valence-electron chi connectivity index (χ3n) is 3.89. The van der Waals surface area contributed by atoms with Crippen LogP contribution in [0.25, 0.3) is 0 Å². The standard InChI is InChI=1S/C16H22O3/c1-12-6-5-9-14(10-12)19-11-15(16(17)18-2)13-7-3-4-8-13/h5-6,9-10,13,15H,3-4,7-8,11H2,1-2H3. The van der Waals surface area contributed by atoms with E-state index in [2.05, 4.69) is 0 Å². The zero-order valence-electron chi connectivity index (χ0n) is 11.7. The molecule has 0 aromatic heterocycles. The highest BCUT2D eigenvalue weighted by atomic mass is 16.5. The molecule has 0 radical (unpaired) electrons. The lowest BCUT2D eigenvalue weighted by atomic mass is 9.91. The lowest BCUT2D eigenvalue weighted by molar-refractivity contribution is -0.148. The molecule has 3 heteroatoms. The van der Waals surface area contributed by atoms with Gasteiger partial charge in [0.2, 0.25) is 0 Å². The Bertz CT molecular complexity index is 422. The first kappa shape index (κ1) is 13.9. The van der Waals surface area contributed by atoms with Gasteiger partial charge in [-0.1, -0.05) is 25.0 Å². The predicted molar refractivity (Wildman–Crippen MR) is 74.1 cm³/mol. The summed E-state index contributed by atoms with van der Waals surface area (Å²) >= 11 is 0. The first-order valence-corrected chi connectivity index (χ1v) is 6.98. The first-order valence-electron chi connectivity index (χ1n) is 6.98. The van der Waals surface area contributed by atoms with Crippen LogP contribution in [0.1, 0.15) is 31.2 Å². The molecule has 3 nitrogen and oxygen atoms in total. The summed E-state index contributed by atoms with van der Waals surface area (Å²) in [5, 5.41) is 0. The van der Waals surface area contributed by atoms with Gasteiger partial charge in [0.05, 0.1) is 13.0 Å². The van der Waals surface area contributed by atoms with Crippen LogP contribution in [0.4, 0.5) is 0 Å². The molecule has 0 N–H and O–H groups in total. The number of aryl methyl sites for hydroxylation is 1. The topological polar surface area (TPSA) is 35.5 Å². The molecule has 1 aromatic carbocycles. The van der Waals surface area contributed by atoms with Gasteiger partial charge in [0.15, 0.2) is 0 Å². The van der Waals surface area contributed by atoms with Crippen molar-refractivity contribution in [2.75, 3.05) is 13.7 Å². The van der Waals surface area contributed by atoms with Crippen molar-refractivity contribution in [2.24, 2.45) is 11.8 Å². The van der Waals surface area contributed by atoms with Gasteiger partial charge < -0.3 is 9.47 Å². The van der Waals surface area contributed by atoms with E-state index in [1.807, 2.05) is 31.2 Å². The maximum Gasteiger partial charge on any atom is 0.312 e. The van der Waals surface area contributed by atoms with Crippen LogP contribution in [0.3, 0.4) is 0 Å². The van der Waals surface area contributed by atoms with Gasteiger partial charge in [-0.2, -0.15) is 0 Å². The van der Waals surface area contributed by atoms with Crippen LogP contribution in [0, 0.1) is 18.8 Å². The first-order chi connectivity index (χ1) is 9.20. The maximum absolute atomic E-state index is 11.9. The van der Waals surface area contributed by atoms with Crippen molar-refractivity contribution < 1.29 is 14.3 Å². The van der Waals surface area contributed by atoms with Crippen molar-refractivity contribution in [3.8, 4) is 5.75 Å². The minimum absolute atomic E-state index is 0.131. The van der Waals surface area contributed by atoms with Crippen molar-refractivity contribution >= 4 is 5.97 Å². The molecule has 0 amide bonds. The van der Waals surface area contributed by atoms with Gasteiger partial charge in [-0.3, -0.25) is 4.79 Å². The van der Waals surface area contributed by atoms with Crippen molar-refractivity contribution in [3.63, 3.8) is 0 Å². The Balaban J connectivity index is 1.97. The number of benzene rings is 1. The van der Waals surface area contributed by atoms with E-state index >= 15 is 0 Å². The number of esters is 1. The third-order valence-corrected chi connectivity index (χ3v) is 3.89. The van der Waals surface area contributed by atoms with Gasteiger partial charge in [0.1, 0.15) is 12.4 Å². The zero-order valence-corrected chi connectivity index (χ0v) is 11.7. The van der Waals surface area contributed by atoms with Crippen LogP contribution in [0.2, 0.25) is 0 Å². The van der Waals surface area contributed by atoms with Gasteiger partial charge in [-0.05, 0) is 43.4 Å². The summed E-state index contributed by atoms with van der Waals surface area (Å²) in [4.78, 5) is 11.9. The zero-order chi connectivity index (χ0) is 13.7. The number of hydrogen-bond donors (Lipinski definition) is 0. The Morgan fingerprint density at radius 3 is 2.74 bits per heavy atom. The monoisotopic (exact) mass is 262 g/mol. The predicted octanol–water partition coefficient (Wildman–Crippen LogP) is 3.35. The molecule has 0 aliphatic heterocycles. The fourth-order valence-corrected chi connectivity index (χ4v) is 2.80. The van der Waals surface area contributed by atoms with Crippen LogP contribution in [0.5, 0.6) is 5.75 Å². The lowest BCUT2D eigenvalue weighted by Crippen LogP contribution is -2.29. The SMILES string of the molecule is COC(=O)C(COc1cccc(C)c1)C1CCCC1. The Labute approximate surface area is 114 Å². The van der Waals surface area contributed by atoms with E-state index < -0.39 is 0 Å². The van der Waals surface area contributed by atoms with Crippen LogP contribution in [-0.4, -0.2) is 19.7 Å². The molecule has 2 rings (SSSR count). The quantitative estimate of drug-likeness (QED) is 0.763. The summed E-state index contributed by atoms with van der Waals surface area (Å²) in [5.74, 6) is 0.969. The minimum atomic E-state index is -0.139. The van der Waals surface area contributed by atoms with E-state index in [1.54, 1.807) is 0 Å². The smallest absolute Gasteiger partial charge is 0.312 e. The molecule has 1 aliphatic carbocycles. The van der Waals surface area contributed by atoms with E-state index in [9.17, 15) is 4.79 Å². The van der Waals surface area contributed by atoms with Crippen molar-refractivity contribution in [1.29, 1.82) is 0 Å². The van der Waals surface area contributed by atoms with E-state index in [-0.39, 0.29) is 11.9 Å². The van der Waals surface area contributed by atoms with Crippen molar-refractivity contribution in [3.05, 3.63) is 29.8 Å². The number of ether oxygens (including phenoxy) is 2. The molecule has 1 atom stereocenters. The molecule has 0 saturated heterocycles. The number of methoxy groups -OCH3 is 1. The van der Waals surface area contributed by atoms with Crippen molar-refractivity contribution in [1.82, 2.24) is 0 Å². The van der Waals surface area contributed by atoms with E-state index in [4.69, 9.17) is 9.47 Å². The molecule has 0 heterocycles. The molecular weight excluding hydrogens is 240 g/mol. The Morgan fingerprint density at radius 2 is 2.11 bits per heavy atom. The van der Waals surface area contributed by atoms with Gasteiger partial charge in [-0.15, -0.1) is 0 Å². The maximum atomic E-state index is 11.9. The van der Waals surface area contributed by atoms with Crippen LogP contribution < -0.4 is 4.74 Å². The minimum Gasteiger partial charge on any atom is -0.493 e. The summed E-state index contributed by atoms with van der Waals surface area (Å²) in [7, 11) is 1.46. The summed E-state index contributed by atoms with van der Waals surface area (Å²) in [6, 6.07) is 7.91. The van der Waals surface area contributed by atoms with Crippen LogP contribution in [-0.2, 0) is 9.53 Å². The average molecular weight is 262 g/mol. The van der Waals surface area contributed by atoms with Crippen molar-refractivity contribution in [2.45, 2.75) is 32.6 Å². The second-order valence-electron chi connectivity index (χ2n) is 5.30. The molecule has 104 valence electrons. The highest BCUT2D eigenvalue weighted by Gasteiger charge is 2.32. The molecule has 0 bridgehead atoms. The number of carbonyl (C=O) groups excluding carboxylic acids is 1. The fraction of sp³-hybridized carbons (Fsp3) is 0.562. The Hall–Kier alpha value is -1.51. The van der Waals surface area contributed by atoms with Gasteiger partial charge in [-0.25, -0.2) is 0 Å². The second-order valence-corrected chi connectivity index (χ2v) is 5.30. The molecule has 0 spiro atoms. The normalized spacial score (nSPS) is 17.2. The number of hydrogen-bond acceptors (Lipinski definition) is 3.